The molecule has 0 spiro atoms. The van der Waals surface area contributed by atoms with Crippen LogP contribution in [-0.4, -0.2) is 90.3 Å². The fourth-order valence-electron chi connectivity index (χ4n) is 4.39. The van der Waals surface area contributed by atoms with Gasteiger partial charge in [0.05, 0.1) is 17.1 Å². The molecule has 2 aliphatic heterocycles. The van der Waals surface area contributed by atoms with Crippen LogP contribution in [0.2, 0.25) is 0 Å². The number of benzene rings is 1. The van der Waals surface area contributed by atoms with Gasteiger partial charge >= 0.3 is 21.3 Å². The van der Waals surface area contributed by atoms with E-state index in [-0.39, 0.29) is 17.0 Å². The normalized spacial score (nSPS) is 19.3. The standard InChI is InChI=1S/C18H22FN3O12P2/c1-20-2-4-21(5-3-20)14-10(19)6-9-13-16(14)33-8-12(18(26,35(27,28)29)36(30,31)32)22(13)7-11(15(9)23)34-17(24)25/h6-7,12,26H,2-5,8H2,1H3,(H,24,25)(H2,27,28,29)(H2,30,31,32). The number of pyridine rings is 1. The SMILES string of the molecule is CN1CCN(c2c(F)cc3c(=O)c(OC(=O)O)cn4c3c2OCC4C(O)(P(=O)(O)O)P(=O)(O)O)CC1. The minimum absolute atomic E-state index is 0.120. The molecule has 18 heteroatoms. The van der Waals surface area contributed by atoms with Crippen molar-refractivity contribution in [2.24, 2.45) is 0 Å². The summed E-state index contributed by atoms with van der Waals surface area (Å²) >= 11 is 0. The first kappa shape index (κ1) is 26.5. The Kier molecular flexibility index (Phi) is 6.47. The van der Waals surface area contributed by atoms with E-state index in [4.69, 9.17) is 9.84 Å². The van der Waals surface area contributed by atoms with Crippen molar-refractivity contribution in [1.29, 1.82) is 0 Å². The first-order chi connectivity index (χ1) is 16.6. The summed E-state index contributed by atoms with van der Waals surface area (Å²) in [5.74, 6) is -2.18. The van der Waals surface area contributed by atoms with Crippen LogP contribution in [0, 0.1) is 5.82 Å². The van der Waals surface area contributed by atoms with E-state index in [1.807, 2.05) is 11.9 Å². The van der Waals surface area contributed by atoms with Crippen molar-refractivity contribution < 1.29 is 57.6 Å². The van der Waals surface area contributed by atoms with Crippen molar-refractivity contribution in [3.8, 4) is 11.5 Å². The largest absolute Gasteiger partial charge is 0.511 e. The molecule has 1 aromatic carbocycles. The number of nitrogens with zero attached hydrogens (tertiary/aromatic N) is 3. The van der Waals surface area contributed by atoms with Crippen LogP contribution in [0.15, 0.2) is 17.1 Å². The third-order valence-electron chi connectivity index (χ3n) is 6.21. The summed E-state index contributed by atoms with van der Waals surface area (Å²) < 4.78 is 50.4. The number of aromatic nitrogens is 1. The molecule has 0 saturated carbocycles. The van der Waals surface area contributed by atoms with Crippen LogP contribution in [0.1, 0.15) is 6.04 Å². The number of rotatable bonds is 5. The van der Waals surface area contributed by atoms with Crippen LogP contribution in [0.4, 0.5) is 14.9 Å². The molecule has 4 rings (SSSR count). The molecule has 2 aliphatic rings. The van der Waals surface area contributed by atoms with Crippen molar-refractivity contribution in [1.82, 2.24) is 9.47 Å². The molecule has 0 aliphatic carbocycles. The van der Waals surface area contributed by atoms with Crippen LogP contribution >= 0.6 is 15.2 Å². The van der Waals surface area contributed by atoms with Crippen LogP contribution in [-0.2, 0) is 9.13 Å². The highest BCUT2D eigenvalue weighted by Gasteiger charge is 2.66. The topological polar surface area (TPSA) is 220 Å². The van der Waals surface area contributed by atoms with Gasteiger partial charge in [-0.05, 0) is 13.1 Å². The maximum Gasteiger partial charge on any atom is 0.511 e. The number of piperazine rings is 1. The zero-order valence-corrected chi connectivity index (χ0v) is 20.3. The zero-order valence-electron chi connectivity index (χ0n) is 18.5. The highest BCUT2D eigenvalue weighted by Crippen LogP contribution is 2.72. The number of carboxylic acid groups (broad SMARTS) is 1. The fraction of sp³-hybridized carbons (Fsp3) is 0.444. The molecule has 6 N–H and O–H groups in total. The second-order valence-corrected chi connectivity index (χ2v) is 12.3. The number of carbonyl (C=O) groups is 1. The molecule has 1 aromatic heterocycles. The van der Waals surface area contributed by atoms with Gasteiger partial charge in [0.2, 0.25) is 5.43 Å². The first-order valence-corrected chi connectivity index (χ1v) is 13.5. The lowest BCUT2D eigenvalue weighted by Gasteiger charge is -2.41. The van der Waals surface area contributed by atoms with Gasteiger partial charge in [-0.3, -0.25) is 13.9 Å². The Hall–Kier alpha value is -2.55. The van der Waals surface area contributed by atoms with Crippen molar-refractivity contribution in [3.63, 3.8) is 0 Å². The lowest BCUT2D eigenvalue weighted by molar-refractivity contribution is 0.0548. The van der Waals surface area contributed by atoms with Gasteiger partial charge in [0, 0.05) is 26.2 Å². The highest BCUT2D eigenvalue weighted by atomic mass is 31.2. The number of ether oxygens (including phenoxy) is 2. The lowest BCUT2D eigenvalue weighted by Crippen LogP contribution is -2.46. The minimum atomic E-state index is -6.04. The smallest absolute Gasteiger partial charge is 0.487 e. The van der Waals surface area contributed by atoms with E-state index in [9.17, 15) is 43.4 Å². The second kappa shape index (κ2) is 8.78. The number of anilines is 1. The molecular weight excluding hydrogens is 531 g/mol. The summed E-state index contributed by atoms with van der Waals surface area (Å²) in [6, 6.07) is -1.52. The van der Waals surface area contributed by atoms with E-state index >= 15 is 4.39 Å². The second-order valence-electron chi connectivity index (χ2n) is 8.42. The van der Waals surface area contributed by atoms with Gasteiger partial charge in [-0.25, -0.2) is 9.18 Å². The maximum absolute atomic E-state index is 15.3. The molecular formula is C18H22FN3O12P2. The monoisotopic (exact) mass is 553 g/mol. The first-order valence-electron chi connectivity index (χ1n) is 10.3. The molecule has 1 atom stereocenters. The molecule has 0 bridgehead atoms. The lowest BCUT2D eigenvalue weighted by atomic mass is 10.1. The average molecular weight is 553 g/mol. The van der Waals surface area contributed by atoms with Crippen molar-refractivity contribution in [2.45, 2.75) is 11.1 Å². The molecule has 198 valence electrons. The van der Waals surface area contributed by atoms with Gasteiger partial charge in [-0.15, -0.1) is 0 Å². The third kappa shape index (κ3) is 4.09. The Morgan fingerprint density at radius 2 is 1.75 bits per heavy atom. The summed E-state index contributed by atoms with van der Waals surface area (Å²) in [5.41, 5.74) is -1.64. The molecule has 1 unspecified atom stereocenters. The fourth-order valence-corrected chi connectivity index (χ4v) is 6.92. The molecule has 2 aromatic rings. The summed E-state index contributed by atoms with van der Waals surface area (Å²) in [5, 5.41) is 15.1. The summed E-state index contributed by atoms with van der Waals surface area (Å²) in [6.07, 6.45) is -1.34. The molecule has 1 fully saturated rings. The van der Waals surface area contributed by atoms with Gasteiger partial charge in [-0.1, -0.05) is 0 Å². The predicted molar refractivity (Wildman–Crippen MR) is 120 cm³/mol. The summed E-state index contributed by atoms with van der Waals surface area (Å²) in [6.45, 7) is 0.742. The number of hydrogen-bond donors (Lipinski definition) is 6. The molecule has 3 heterocycles. The van der Waals surface area contributed by atoms with E-state index in [1.54, 1.807) is 4.90 Å². The Labute approximate surface area is 201 Å². The van der Waals surface area contributed by atoms with E-state index in [0.29, 0.717) is 36.9 Å². The van der Waals surface area contributed by atoms with E-state index in [0.717, 1.165) is 6.07 Å². The molecule has 0 amide bonds. The van der Waals surface area contributed by atoms with Crippen LogP contribution in [0.5, 0.6) is 11.5 Å². The number of likely N-dealkylation sites (N-methyl/N-ethyl adjacent to an activating group) is 1. The summed E-state index contributed by atoms with van der Waals surface area (Å²) in [7, 11) is -10.2. The van der Waals surface area contributed by atoms with E-state index < -0.39 is 61.5 Å². The van der Waals surface area contributed by atoms with Crippen molar-refractivity contribution >= 4 is 37.9 Å². The number of halogens is 1. The molecule has 0 radical (unpaired) electrons. The molecule has 1 saturated heterocycles. The van der Waals surface area contributed by atoms with E-state index in [1.165, 1.54) is 0 Å². The highest BCUT2D eigenvalue weighted by molar-refractivity contribution is 7.72. The zero-order chi connectivity index (χ0) is 26.8. The van der Waals surface area contributed by atoms with E-state index in [2.05, 4.69) is 4.74 Å². The van der Waals surface area contributed by atoms with Crippen LogP contribution in [0.25, 0.3) is 10.9 Å². The number of aliphatic hydroxyl groups is 1. The molecule has 15 nitrogen and oxygen atoms in total. The minimum Gasteiger partial charge on any atom is -0.487 e. The number of hydrogen-bond acceptors (Lipinski definition) is 9. The summed E-state index contributed by atoms with van der Waals surface area (Å²) in [4.78, 5) is 66.7. The van der Waals surface area contributed by atoms with Crippen LogP contribution in [0.3, 0.4) is 0 Å². The quantitative estimate of drug-likeness (QED) is 0.210. The van der Waals surface area contributed by atoms with Gasteiger partial charge in [0.1, 0.15) is 18.3 Å². The van der Waals surface area contributed by atoms with Crippen LogP contribution < -0.4 is 19.8 Å². The van der Waals surface area contributed by atoms with Crippen molar-refractivity contribution in [2.75, 3.05) is 44.7 Å². The van der Waals surface area contributed by atoms with Crippen molar-refractivity contribution in [3.05, 3.63) is 28.3 Å². The van der Waals surface area contributed by atoms with Gasteiger partial charge in [0.15, 0.2) is 17.3 Å². The average Bonchev–Trinajstić information content (AvgIpc) is 2.75. The van der Waals surface area contributed by atoms with Gasteiger partial charge in [-0.2, -0.15) is 0 Å². The molecule has 36 heavy (non-hydrogen) atoms. The Bertz CT molecular complexity index is 1370. The van der Waals surface area contributed by atoms with Gasteiger partial charge in [0.25, 0.3) is 5.08 Å². The maximum atomic E-state index is 15.3. The third-order valence-corrected chi connectivity index (χ3v) is 10.1. The Balaban J connectivity index is 2.08. The predicted octanol–water partition coefficient (Wildman–Crippen LogP) is -0.116. The Morgan fingerprint density at radius 1 is 1.17 bits per heavy atom. The van der Waals surface area contributed by atoms with Gasteiger partial charge < -0.3 is 53.6 Å². The Morgan fingerprint density at radius 3 is 2.28 bits per heavy atom.